The number of amides is 2. The third-order valence-electron chi connectivity index (χ3n) is 4.79. The Morgan fingerprint density at radius 2 is 2.19 bits per heavy atom. The Morgan fingerprint density at radius 1 is 1.41 bits per heavy atom. The van der Waals surface area contributed by atoms with Crippen LogP contribution >= 0.6 is 11.3 Å². The van der Waals surface area contributed by atoms with Crippen molar-refractivity contribution >= 4 is 29.0 Å². The summed E-state index contributed by atoms with van der Waals surface area (Å²) >= 11 is 1.58. The van der Waals surface area contributed by atoms with E-state index in [9.17, 15) is 9.59 Å². The summed E-state index contributed by atoms with van der Waals surface area (Å²) in [4.78, 5) is 37.3. The van der Waals surface area contributed by atoms with Gasteiger partial charge in [0, 0.05) is 51.2 Å². The number of rotatable bonds is 5. The van der Waals surface area contributed by atoms with Crippen LogP contribution in [0, 0.1) is 6.92 Å². The van der Waals surface area contributed by atoms with Gasteiger partial charge < -0.3 is 15.1 Å². The Labute approximate surface area is 162 Å². The molecule has 27 heavy (non-hydrogen) atoms. The molecule has 0 radical (unpaired) electrons. The van der Waals surface area contributed by atoms with Crippen molar-refractivity contribution in [1.82, 2.24) is 19.8 Å². The van der Waals surface area contributed by atoms with E-state index in [4.69, 9.17) is 0 Å². The minimum absolute atomic E-state index is 0.0587. The molecule has 8 nitrogen and oxygen atoms in total. The first-order valence-electron chi connectivity index (χ1n) is 8.90. The van der Waals surface area contributed by atoms with Crippen molar-refractivity contribution in [2.24, 2.45) is 0 Å². The zero-order valence-electron chi connectivity index (χ0n) is 16.2. The van der Waals surface area contributed by atoms with Crippen LogP contribution in [0.25, 0.3) is 0 Å². The quantitative estimate of drug-likeness (QED) is 0.815. The number of aryl methyl sites for hydroxylation is 1. The lowest BCUT2D eigenvalue weighted by Crippen LogP contribution is -2.38. The van der Waals surface area contributed by atoms with E-state index in [1.165, 1.54) is 6.07 Å². The molecule has 2 amide bonds. The van der Waals surface area contributed by atoms with Crippen molar-refractivity contribution in [3.63, 3.8) is 0 Å². The second-order valence-electron chi connectivity index (χ2n) is 7.16. The number of likely N-dealkylation sites (N-methyl/N-ethyl adjacent to an activating group) is 1. The standard InChI is InChI=1S/C18H26N6O2S/c1-12-10-27-11-15(12)20-18(26)24-6-5-14(9-24)23(4)8-13-7-16(25)21-17(19-13)22(2)3/h7,10-11,14H,5-6,8-9H2,1-4H3,(H,20,26)(H,19,21,25)/t14-/m1/s1. The number of hydrogen-bond donors (Lipinski definition) is 2. The Bertz CT molecular complexity index is 862. The number of nitrogens with one attached hydrogen (secondary N) is 2. The molecule has 1 atom stereocenters. The molecule has 2 aromatic rings. The molecule has 3 heterocycles. The fourth-order valence-electron chi connectivity index (χ4n) is 3.14. The van der Waals surface area contributed by atoms with Crippen molar-refractivity contribution < 1.29 is 4.79 Å². The first kappa shape index (κ1) is 19.4. The number of aromatic nitrogens is 2. The van der Waals surface area contributed by atoms with Crippen LogP contribution in [0.4, 0.5) is 16.4 Å². The second kappa shape index (κ2) is 8.10. The lowest BCUT2D eigenvalue weighted by molar-refractivity contribution is 0.207. The summed E-state index contributed by atoms with van der Waals surface area (Å²) in [6.07, 6.45) is 0.899. The average molecular weight is 391 g/mol. The number of carbonyl (C=O) groups is 1. The van der Waals surface area contributed by atoms with Gasteiger partial charge in [-0.1, -0.05) is 0 Å². The predicted octanol–water partition coefficient (Wildman–Crippen LogP) is 1.94. The Kier molecular flexibility index (Phi) is 5.81. The molecule has 1 aliphatic rings. The van der Waals surface area contributed by atoms with Crippen LogP contribution in [0.1, 0.15) is 17.7 Å². The van der Waals surface area contributed by atoms with E-state index in [1.54, 1.807) is 16.2 Å². The molecule has 1 saturated heterocycles. The van der Waals surface area contributed by atoms with Gasteiger partial charge in [-0.2, -0.15) is 0 Å². The van der Waals surface area contributed by atoms with E-state index in [1.807, 2.05) is 43.7 Å². The van der Waals surface area contributed by atoms with Crippen LogP contribution in [-0.2, 0) is 6.54 Å². The number of urea groups is 1. The summed E-state index contributed by atoms with van der Waals surface area (Å²) in [5, 5.41) is 6.96. The Balaban J connectivity index is 1.59. The number of H-pyrrole nitrogens is 1. The van der Waals surface area contributed by atoms with Crippen molar-refractivity contribution in [3.05, 3.63) is 38.4 Å². The van der Waals surface area contributed by atoms with Crippen LogP contribution in [0.5, 0.6) is 0 Å². The minimum atomic E-state index is -0.157. The monoisotopic (exact) mass is 390 g/mol. The molecule has 2 aromatic heterocycles. The molecule has 9 heteroatoms. The third-order valence-corrected chi connectivity index (χ3v) is 5.65. The first-order valence-corrected chi connectivity index (χ1v) is 9.84. The van der Waals surface area contributed by atoms with Crippen LogP contribution in [0.15, 0.2) is 21.6 Å². The highest BCUT2D eigenvalue weighted by Gasteiger charge is 2.29. The molecule has 3 rings (SSSR count). The van der Waals surface area contributed by atoms with Crippen molar-refractivity contribution in [2.75, 3.05) is 44.4 Å². The molecule has 1 aliphatic heterocycles. The van der Waals surface area contributed by atoms with E-state index >= 15 is 0 Å². The van der Waals surface area contributed by atoms with Gasteiger partial charge in [0.1, 0.15) is 0 Å². The maximum atomic E-state index is 12.5. The first-order chi connectivity index (χ1) is 12.8. The summed E-state index contributed by atoms with van der Waals surface area (Å²) in [7, 11) is 5.69. The highest BCUT2D eigenvalue weighted by molar-refractivity contribution is 7.08. The van der Waals surface area contributed by atoms with Gasteiger partial charge in [0.15, 0.2) is 0 Å². The smallest absolute Gasteiger partial charge is 0.321 e. The second-order valence-corrected chi connectivity index (χ2v) is 7.90. The molecular weight excluding hydrogens is 364 g/mol. The van der Waals surface area contributed by atoms with E-state index in [2.05, 4.69) is 20.2 Å². The number of carbonyl (C=O) groups excluding carboxylic acids is 1. The maximum absolute atomic E-state index is 12.5. The fraction of sp³-hybridized carbons (Fsp3) is 0.500. The van der Waals surface area contributed by atoms with Gasteiger partial charge in [-0.15, -0.1) is 11.3 Å². The van der Waals surface area contributed by atoms with E-state index in [-0.39, 0.29) is 17.6 Å². The van der Waals surface area contributed by atoms with Gasteiger partial charge >= 0.3 is 6.03 Å². The number of anilines is 2. The SMILES string of the molecule is Cc1cscc1NC(=O)N1CC[C@@H](N(C)Cc2cc(=O)[nH]c(N(C)C)n2)C1. The van der Waals surface area contributed by atoms with Crippen LogP contribution < -0.4 is 15.8 Å². The van der Waals surface area contributed by atoms with Crippen molar-refractivity contribution in [2.45, 2.75) is 25.9 Å². The summed E-state index contributed by atoms with van der Waals surface area (Å²) in [5.41, 5.74) is 2.53. The lowest BCUT2D eigenvalue weighted by Gasteiger charge is -2.24. The average Bonchev–Trinajstić information content (AvgIpc) is 3.24. The molecule has 0 bridgehead atoms. The van der Waals surface area contributed by atoms with Crippen LogP contribution in [0.3, 0.4) is 0 Å². The zero-order chi connectivity index (χ0) is 19.6. The van der Waals surface area contributed by atoms with E-state index in [0.29, 0.717) is 19.0 Å². The van der Waals surface area contributed by atoms with Gasteiger partial charge in [-0.05, 0) is 31.3 Å². The predicted molar refractivity (Wildman–Crippen MR) is 109 cm³/mol. The molecule has 146 valence electrons. The number of aromatic amines is 1. The summed E-state index contributed by atoms with van der Waals surface area (Å²) < 4.78 is 0. The van der Waals surface area contributed by atoms with E-state index in [0.717, 1.165) is 29.9 Å². The summed E-state index contributed by atoms with van der Waals surface area (Å²) in [5.74, 6) is 0.546. The minimum Gasteiger partial charge on any atom is -0.348 e. The number of nitrogens with zero attached hydrogens (tertiary/aromatic N) is 4. The van der Waals surface area contributed by atoms with Gasteiger partial charge in [0.2, 0.25) is 5.95 Å². The topological polar surface area (TPSA) is 84.6 Å². The zero-order valence-corrected chi connectivity index (χ0v) is 17.0. The van der Waals surface area contributed by atoms with Crippen molar-refractivity contribution in [3.8, 4) is 0 Å². The molecule has 1 fully saturated rings. The molecule has 0 unspecified atom stereocenters. The Hall–Kier alpha value is -2.39. The Morgan fingerprint density at radius 3 is 2.85 bits per heavy atom. The molecule has 0 aliphatic carbocycles. The molecule has 0 spiro atoms. The molecule has 0 saturated carbocycles. The maximum Gasteiger partial charge on any atom is 0.321 e. The normalized spacial score (nSPS) is 16.8. The summed E-state index contributed by atoms with van der Waals surface area (Å²) in [6.45, 7) is 3.93. The number of thiophene rings is 1. The molecular formula is C18H26N6O2S. The highest BCUT2D eigenvalue weighted by Crippen LogP contribution is 2.22. The number of hydrogen-bond acceptors (Lipinski definition) is 6. The van der Waals surface area contributed by atoms with Crippen molar-refractivity contribution in [1.29, 1.82) is 0 Å². The van der Waals surface area contributed by atoms with E-state index < -0.39 is 0 Å². The van der Waals surface area contributed by atoms with Gasteiger partial charge in [-0.3, -0.25) is 14.7 Å². The fourth-order valence-corrected chi connectivity index (χ4v) is 3.92. The van der Waals surface area contributed by atoms with Gasteiger partial charge in [-0.25, -0.2) is 9.78 Å². The highest BCUT2D eigenvalue weighted by atomic mass is 32.1. The molecule has 0 aromatic carbocycles. The van der Waals surface area contributed by atoms with Gasteiger partial charge in [0.25, 0.3) is 5.56 Å². The largest absolute Gasteiger partial charge is 0.348 e. The number of likely N-dealkylation sites (tertiary alicyclic amines) is 1. The molecule has 2 N–H and O–H groups in total. The van der Waals surface area contributed by atoms with Crippen LogP contribution in [-0.4, -0.2) is 66.1 Å². The van der Waals surface area contributed by atoms with Crippen LogP contribution in [0.2, 0.25) is 0 Å². The van der Waals surface area contributed by atoms with Gasteiger partial charge in [0.05, 0.1) is 11.4 Å². The third kappa shape index (κ3) is 4.67. The summed E-state index contributed by atoms with van der Waals surface area (Å²) in [6, 6.07) is 1.71. The lowest BCUT2D eigenvalue weighted by atomic mass is 10.2.